The summed E-state index contributed by atoms with van der Waals surface area (Å²) >= 11 is 9.47. The standard InChI is InChI=1S/C13H17BrClN/c1-9-5-10(2)16(8-9)13-4-3-11(7-15)6-12(13)14/h3-4,6,9-10H,5,7-8H2,1-2H3. The van der Waals surface area contributed by atoms with Gasteiger partial charge in [0.2, 0.25) is 0 Å². The predicted octanol–water partition coefficient (Wildman–Crippen LogP) is 4.42. The van der Waals surface area contributed by atoms with Crippen LogP contribution in [0.25, 0.3) is 0 Å². The number of halogens is 2. The maximum Gasteiger partial charge on any atom is 0.0513 e. The molecule has 2 atom stereocenters. The fourth-order valence-electron chi connectivity index (χ4n) is 2.50. The van der Waals surface area contributed by atoms with E-state index in [-0.39, 0.29) is 0 Å². The Kier molecular flexibility index (Phi) is 3.81. The van der Waals surface area contributed by atoms with E-state index < -0.39 is 0 Å². The minimum Gasteiger partial charge on any atom is -0.368 e. The van der Waals surface area contributed by atoms with Gasteiger partial charge in [0.15, 0.2) is 0 Å². The summed E-state index contributed by atoms with van der Waals surface area (Å²) in [4.78, 5) is 2.48. The molecule has 16 heavy (non-hydrogen) atoms. The summed E-state index contributed by atoms with van der Waals surface area (Å²) in [6.07, 6.45) is 1.28. The number of benzene rings is 1. The average molecular weight is 303 g/mol. The normalized spacial score (nSPS) is 25.1. The van der Waals surface area contributed by atoms with Crippen molar-refractivity contribution in [2.75, 3.05) is 11.4 Å². The molecule has 0 amide bonds. The van der Waals surface area contributed by atoms with Crippen LogP contribution in [-0.4, -0.2) is 12.6 Å². The number of nitrogens with zero attached hydrogens (tertiary/aromatic N) is 1. The van der Waals surface area contributed by atoms with Gasteiger partial charge in [0.05, 0.1) is 5.69 Å². The third-order valence-electron chi connectivity index (χ3n) is 3.26. The highest BCUT2D eigenvalue weighted by atomic mass is 79.9. The molecular weight excluding hydrogens is 286 g/mol. The smallest absolute Gasteiger partial charge is 0.0513 e. The highest BCUT2D eigenvalue weighted by molar-refractivity contribution is 9.10. The first-order valence-corrected chi connectivity index (χ1v) is 7.05. The molecule has 3 heteroatoms. The Hall–Kier alpha value is -0.210. The molecule has 1 nitrogen and oxygen atoms in total. The summed E-state index contributed by atoms with van der Waals surface area (Å²) in [6, 6.07) is 7.05. The minimum atomic E-state index is 0.574. The van der Waals surface area contributed by atoms with Gasteiger partial charge in [-0.15, -0.1) is 11.6 Å². The first kappa shape index (κ1) is 12.3. The third-order valence-corrected chi connectivity index (χ3v) is 4.20. The second kappa shape index (κ2) is 4.97. The van der Waals surface area contributed by atoms with Gasteiger partial charge < -0.3 is 4.90 Å². The lowest BCUT2D eigenvalue weighted by Crippen LogP contribution is -2.26. The van der Waals surface area contributed by atoms with E-state index in [2.05, 4.69) is 52.9 Å². The number of anilines is 1. The third kappa shape index (κ3) is 2.38. The van der Waals surface area contributed by atoms with Gasteiger partial charge in [0.1, 0.15) is 0 Å². The van der Waals surface area contributed by atoms with Crippen molar-refractivity contribution < 1.29 is 0 Å². The molecule has 0 radical (unpaired) electrons. The van der Waals surface area contributed by atoms with Crippen LogP contribution in [0.1, 0.15) is 25.8 Å². The minimum absolute atomic E-state index is 0.574. The Labute approximate surface area is 111 Å². The lowest BCUT2D eigenvalue weighted by molar-refractivity contribution is 0.625. The molecule has 88 valence electrons. The molecule has 0 bridgehead atoms. The monoisotopic (exact) mass is 301 g/mol. The summed E-state index contributed by atoms with van der Waals surface area (Å²) in [5, 5.41) is 0. The summed E-state index contributed by atoms with van der Waals surface area (Å²) < 4.78 is 1.16. The van der Waals surface area contributed by atoms with E-state index in [1.54, 1.807) is 0 Å². The fourth-order valence-corrected chi connectivity index (χ4v) is 3.32. The second-order valence-corrected chi connectivity index (χ2v) is 5.88. The van der Waals surface area contributed by atoms with E-state index in [1.807, 2.05) is 0 Å². The van der Waals surface area contributed by atoms with Crippen molar-refractivity contribution in [1.29, 1.82) is 0 Å². The molecule has 2 unspecified atom stereocenters. The van der Waals surface area contributed by atoms with Gasteiger partial charge in [0.25, 0.3) is 0 Å². The van der Waals surface area contributed by atoms with Crippen LogP contribution >= 0.6 is 27.5 Å². The molecule has 0 saturated carbocycles. The lowest BCUT2D eigenvalue weighted by atomic mass is 10.1. The molecule has 1 aromatic carbocycles. The van der Waals surface area contributed by atoms with E-state index >= 15 is 0 Å². The molecule has 1 fully saturated rings. The van der Waals surface area contributed by atoms with E-state index in [1.165, 1.54) is 12.1 Å². The van der Waals surface area contributed by atoms with Crippen LogP contribution in [0, 0.1) is 5.92 Å². The van der Waals surface area contributed by atoms with Crippen molar-refractivity contribution in [3.63, 3.8) is 0 Å². The Balaban J connectivity index is 2.27. The topological polar surface area (TPSA) is 3.24 Å². The zero-order valence-electron chi connectivity index (χ0n) is 9.71. The molecule has 1 aromatic rings. The number of hydrogen-bond acceptors (Lipinski definition) is 1. The molecule has 0 N–H and O–H groups in total. The highest BCUT2D eigenvalue weighted by Crippen LogP contribution is 2.34. The largest absolute Gasteiger partial charge is 0.368 e. The van der Waals surface area contributed by atoms with E-state index in [9.17, 15) is 0 Å². The first-order chi connectivity index (χ1) is 7.61. The number of alkyl halides is 1. The van der Waals surface area contributed by atoms with Crippen LogP contribution in [-0.2, 0) is 5.88 Å². The Morgan fingerprint density at radius 1 is 1.44 bits per heavy atom. The molecule has 0 aliphatic carbocycles. The number of rotatable bonds is 2. The molecule has 1 aliphatic rings. The predicted molar refractivity (Wildman–Crippen MR) is 74.3 cm³/mol. The molecular formula is C13H17BrClN. The molecule has 1 aliphatic heterocycles. The molecule has 0 spiro atoms. The fraction of sp³-hybridized carbons (Fsp3) is 0.538. The Morgan fingerprint density at radius 3 is 2.69 bits per heavy atom. The Morgan fingerprint density at radius 2 is 2.19 bits per heavy atom. The quantitative estimate of drug-likeness (QED) is 0.731. The van der Waals surface area contributed by atoms with Gasteiger partial charge in [0, 0.05) is 22.9 Å². The van der Waals surface area contributed by atoms with Gasteiger partial charge in [-0.25, -0.2) is 0 Å². The molecule has 0 aromatic heterocycles. The maximum absolute atomic E-state index is 5.83. The molecule has 2 rings (SSSR count). The Bertz CT molecular complexity index is 380. The first-order valence-electron chi connectivity index (χ1n) is 5.73. The summed E-state index contributed by atoms with van der Waals surface area (Å²) in [7, 11) is 0. The van der Waals surface area contributed by atoms with E-state index in [0.29, 0.717) is 11.9 Å². The molecule has 1 heterocycles. The van der Waals surface area contributed by atoms with Crippen molar-refractivity contribution in [3.05, 3.63) is 28.2 Å². The maximum atomic E-state index is 5.83. The average Bonchev–Trinajstić information content (AvgIpc) is 2.57. The van der Waals surface area contributed by atoms with Crippen molar-refractivity contribution in [2.24, 2.45) is 5.92 Å². The van der Waals surface area contributed by atoms with Crippen LogP contribution in [0.3, 0.4) is 0 Å². The van der Waals surface area contributed by atoms with Gasteiger partial charge in [-0.1, -0.05) is 13.0 Å². The SMILES string of the molecule is CC1CC(C)N(c2ccc(CCl)cc2Br)C1. The summed E-state index contributed by atoms with van der Waals surface area (Å²) in [5.74, 6) is 1.36. The number of hydrogen-bond donors (Lipinski definition) is 0. The van der Waals surface area contributed by atoms with E-state index in [0.717, 1.165) is 22.5 Å². The summed E-state index contributed by atoms with van der Waals surface area (Å²) in [6.45, 7) is 5.77. The van der Waals surface area contributed by atoms with Crippen LogP contribution < -0.4 is 4.90 Å². The second-order valence-electron chi connectivity index (χ2n) is 4.76. The summed E-state index contributed by atoms with van der Waals surface area (Å²) in [5.41, 5.74) is 2.46. The van der Waals surface area contributed by atoms with Crippen molar-refractivity contribution in [3.8, 4) is 0 Å². The van der Waals surface area contributed by atoms with Crippen LogP contribution in [0.5, 0.6) is 0 Å². The van der Waals surface area contributed by atoms with Crippen LogP contribution in [0.4, 0.5) is 5.69 Å². The van der Waals surface area contributed by atoms with Gasteiger partial charge in [-0.05, 0) is 52.9 Å². The van der Waals surface area contributed by atoms with Crippen LogP contribution in [0.2, 0.25) is 0 Å². The van der Waals surface area contributed by atoms with Gasteiger partial charge in [-0.2, -0.15) is 0 Å². The van der Waals surface area contributed by atoms with Gasteiger partial charge in [-0.3, -0.25) is 0 Å². The zero-order valence-corrected chi connectivity index (χ0v) is 12.1. The highest BCUT2D eigenvalue weighted by Gasteiger charge is 2.27. The van der Waals surface area contributed by atoms with Crippen molar-refractivity contribution in [2.45, 2.75) is 32.2 Å². The van der Waals surface area contributed by atoms with Crippen molar-refractivity contribution in [1.82, 2.24) is 0 Å². The van der Waals surface area contributed by atoms with Crippen LogP contribution in [0.15, 0.2) is 22.7 Å². The molecule has 1 saturated heterocycles. The van der Waals surface area contributed by atoms with E-state index in [4.69, 9.17) is 11.6 Å². The van der Waals surface area contributed by atoms with Gasteiger partial charge >= 0.3 is 0 Å². The van der Waals surface area contributed by atoms with Crippen molar-refractivity contribution >= 4 is 33.2 Å². The lowest BCUT2D eigenvalue weighted by Gasteiger charge is -2.25. The zero-order chi connectivity index (χ0) is 11.7.